The number of nitrogens with one attached hydrogen (secondary N) is 2. The van der Waals surface area contributed by atoms with Gasteiger partial charge in [-0.25, -0.2) is 4.39 Å². The molecule has 186 valence electrons. The topological polar surface area (TPSA) is 91.0 Å². The van der Waals surface area contributed by atoms with E-state index < -0.39 is 17.3 Å². The summed E-state index contributed by atoms with van der Waals surface area (Å²) in [5.41, 5.74) is 3.45. The van der Waals surface area contributed by atoms with E-state index in [9.17, 15) is 14.4 Å². The number of piperidine rings is 1. The van der Waals surface area contributed by atoms with E-state index in [2.05, 4.69) is 15.5 Å². The summed E-state index contributed by atoms with van der Waals surface area (Å²) in [5.74, 6) is -1.28. The van der Waals surface area contributed by atoms with E-state index in [1.165, 1.54) is 4.90 Å². The SMILES string of the molecule is BC(B)(Nc1cccc2c1CN(C1CCC(=O)NC1=O)C2=O)c1ccc(CN2CCOCC2)cc1F. The maximum absolute atomic E-state index is 15.3. The second-order valence-electron chi connectivity index (χ2n) is 10.2. The minimum atomic E-state index is -0.762. The van der Waals surface area contributed by atoms with Crippen LogP contribution in [0.25, 0.3) is 0 Å². The fraction of sp³-hybridized carbons (Fsp3) is 0.400. The molecule has 3 aliphatic heterocycles. The molecule has 3 heterocycles. The van der Waals surface area contributed by atoms with Crippen molar-refractivity contribution in [2.75, 3.05) is 31.6 Å². The maximum Gasteiger partial charge on any atom is 0.255 e. The van der Waals surface area contributed by atoms with E-state index in [4.69, 9.17) is 4.74 Å². The monoisotopic (exact) mass is 490 g/mol. The Balaban J connectivity index is 1.34. The molecule has 3 aliphatic rings. The molecule has 2 saturated heterocycles. The molecule has 0 saturated carbocycles. The van der Waals surface area contributed by atoms with Gasteiger partial charge in [-0.05, 0) is 35.7 Å². The zero-order valence-corrected chi connectivity index (χ0v) is 20.6. The van der Waals surface area contributed by atoms with Crippen LogP contribution in [0.5, 0.6) is 0 Å². The highest BCUT2D eigenvalue weighted by atomic mass is 19.1. The molecular formula is C25H29B2FN4O4. The van der Waals surface area contributed by atoms with E-state index in [-0.39, 0.29) is 30.6 Å². The molecule has 2 fully saturated rings. The fourth-order valence-corrected chi connectivity index (χ4v) is 5.29. The zero-order chi connectivity index (χ0) is 25.4. The number of amides is 3. The minimum absolute atomic E-state index is 0.204. The van der Waals surface area contributed by atoms with Crippen LogP contribution in [-0.2, 0) is 32.8 Å². The third-order valence-electron chi connectivity index (χ3n) is 7.25. The first-order valence-corrected chi connectivity index (χ1v) is 12.4. The Labute approximate surface area is 211 Å². The first-order chi connectivity index (χ1) is 17.2. The number of carbonyl (C=O) groups excluding carboxylic acids is 3. The van der Waals surface area contributed by atoms with Crippen molar-refractivity contribution in [3.63, 3.8) is 0 Å². The van der Waals surface area contributed by atoms with Crippen molar-refractivity contribution in [2.24, 2.45) is 0 Å². The van der Waals surface area contributed by atoms with Crippen molar-refractivity contribution in [1.29, 1.82) is 0 Å². The molecule has 2 aromatic rings. The summed E-state index contributed by atoms with van der Waals surface area (Å²) in [6, 6.07) is 10.1. The number of hydrogen-bond acceptors (Lipinski definition) is 6. The molecule has 0 radical (unpaired) electrons. The van der Waals surface area contributed by atoms with E-state index in [0.29, 0.717) is 37.3 Å². The Morgan fingerprint density at radius 3 is 2.64 bits per heavy atom. The van der Waals surface area contributed by atoms with Gasteiger partial charge >= 0.3 is 0 Å². The lowest BCUT2D eigenvalue weighted by atomic mass is 9.57. The van der Waals surface area contributed by atoms with Gasteiger partial charge in [0.2, 0.25) is 11.8 Å². The van der Waals surface area contributed by atoms with Crippen LogP contribution in [-0.4, -0.2) is 75.6 Å². The number of rotatable bonds is 6. The molecule has 2 N–H and O–H groups in total. The van der Waals surface area contributed by atoms with Gasteiger partial charge in [0.05, 0.1) is 13.2 Å². The van der Waals surface area contributed by atoms with Crippen molar-refractivity contribution in [3.05, 3.63) is 64.5 Å². The molecule has 5 rings (SSSR count). The Kier molecular flexibility index (Phi) is 6.61. The summed E-state index contributed by atoms with van der Waals surface area (Å²) in [7, 11) is 3.81. The van der Waals surface area contributed by atoms with E-state index in [0.717, 1.165) is 29.9 Å². The van der Waals surface area contributed by atoms with E-state index in [1.54, 1.807) is 18.2 Å². The lowest BCUT2D eigenvalue weighted by Gasteiger charge is -2.31. The van der Waals surface area contributed by atoms with Gasteiger partial charge in [-0.2, -0.15) is 0 Å². The van der Waals surface area contributed by atoms with E-state index >= 15 is 4.39 Å². The zero-order valence-electron chi connectivity index (χ0n) is 20.6. The van der Waals surface area contributed by atoms with Gasteiger partial charge in [-0.1, -0.05) is 18.2 Å². The van der Waals surface area contributed by atoms with Crippen LogP contribution in [0, 0.1) is 5.82 Å². The summed E-state index contributed by atoms with van der Waals surface area (Å²) in [6.07, 6.45) is 0.510. The molecule has 0 aliphatic carbocycles. The second kappa shape index (κ2) is 9.71. The first-order valence-electron chi connectivity index (χ1n) is 12.4. The van der Waals surface area contributed by atoms with Crippen LogP contribution in [0.2, 0.25) is 0 Å². The molecule has 0 aromatic heterocycles. The smallest absolute Gasteiger partial charge is 0.255 e. The summed E-state index contributed by atoms with van der Waals surface area (Å²) in [6.45, 7) is 4.00. The first kappa shape index (κ1) is 24.5. The van der Waals surface area contributed by atoms with Crippen LogP contribution in [0.1, 0.15) is 39.9 Å². The van der Waals surface area contributed by atoms with Crippen molar-refractivity contribution in [2.45, 2.75) is 37.3 Å². The van der Waals surface area contributed by atoms with Crippen molar-refractivity contribution in [1.82, 2.24) is 15.1 Å². The van der Waals surface area contributed by atoms with Crippen LogP contribution in [0.3, 0.4) is 0 Å². The molecular weight excluding hydrogens is 461 g/mol. The number of imide groups is 1. The van der Waals surface area contributed by atoms with Gasteiger partial charge in [-0.15, -0.1) is 0 Å². The predicted octanol–water partition coefficient (Wildman–Crippen LogP) is -0.0925. The fourth-order valence-electron chi connectivity index (χ4n) is 5.29. The van der Waals surface area contributed by atoms with Crippen LogP contribution in [0.15, 0.2) is 36.4 Å². The number of ether oxygens (including phenoxy) is 1. The van der Waals surface area contributed by atoms with Gasteiger partial charge < -0.3 is 15.0 Å². The lowest BCUT2D eigenvalue weighted by Crippen LogP contribution is -2.52. The Morgan fingerprint density at radius 2 is 1.92 bits per heavy atom. The second-order valence-corrected chi connectivity index (χ2v) is 10.2. The average Bonchev–Trinajstić information content (AvgIpc) is 3.17. The Bertz CT molecular complexity index is 1220. The molecule has 3 amide bonds. The van der Waals surface area contributed by atoms with Gasteiger partial charge in [0, 0.05) is 54.8 Å². The normalized spacial score (nSPS) is 20.9. The number of morpholine rings is 1. The highest BCUT2D eigenvalue weighted by Gasteiger charge is 2.40. The lowest BCUT2D eigenvalue weighted by molar-refractivity contribution is -0.136. The number of carbonyl (C=O) groups is 3. The van der Waals surface area contributed by atoms with Crippen molar-refractivity contribution < 1.29 is 23.5 Å². The van der Waals surface area contributed by atoms with Gasteiger partial charge in [0.15, 0.2) is 0 Å². The molecule has 11 heteroatoms. The number of anilines is 1. The van der Waals surface area contributed by atoms with Crippen LogP contribution >= 0.6 is 0 Å². The molecule has 2 aromatic carbocycles. The third kappa shape index (κ3) is 4.77. The number of benzene rings is 2. The van der Waals surface area contributed by atoms with Crippen molar-refractivity contribution in [3.8, 4) is 0 Å². The number of halogens is 1. The van der Waals surface area contributed by atoms with Crippen LogP contribution in [0.4, 0.5) is 10.1 Å². The van der Waals surface area contributed by atoms with Gasteiger partial charge in [-0.3, -0.25) is 24.6 Å². The molecule has 0 bridgehead atoms. The van der Waals surface area contributed by atoms with Crippen LogP contribution < -0.4 is 10.6 Å². The number of fused-ring (bicyclic) bond motifs is 1. The number of hydrogen-bond donors (Lipinski definition) is 2. The largest absolute Gasteiger partial charge is 0.391 e. The minimum Gasteiger partial charge on any atom is -0.391 e. The highest BCUT2D eigenvalue weighted by Crippen LogP contribution is 2.34. The molecule has 0 spiro atoms. The predicted molar refractivity (Wildman–Crippen MR) is 137 cm³/mol. The van der Waals surface area contributed by atoms with Gasteiger partial charge in [0.1, 0.15) is 27.6 Å². The van der Waals surface area contributed by atoms with Crippen molar-refractivity contribution >= 4 is 39.1 Å². The molecule has 1 unspecified atom stereocenters. The summed E-state index contributed by atoms with van der Waals surface area (Å²) in [4.78, 5) is 40.8. The third-order valence-corrected chi connectivity index (χ3v) is 7.25. The average molecular weight is 490 g/mol. The molecule has 36 heavy (non-hydrogen) atoms. The summed E-state index contributed by atoms with van der Waals surface area (Å²) in [5, 5.41) is 5.00. The maximum atomic E-state index is 15.3. The Hall–Kier alpha value is -3.17. The van der Waals surface area contributed by atoms with E-state index in [1.807, 2.05) is 33.9 Å². The highest BCUT2D eigenvalue weighted by molar-refractivity contribution is 6.41. The van der Waals surface area contributed by atoms with Gasteiger partial charge in [0.25, 0.3) is 5.91 Å². The number of nitrogens with zero attached hydrogens (tertiary/aromatic N) is 2. The Morgan fingerprint density at radius 1 is 1.14 bits per heavy atom. The standard InChI is InChI=1S/C25H29B2FN4O4/c26-25(27,18-5-4-15(12-19(18)28)13-31-8-10-36-11-9-31)30-20-3-1-2-16-17(20)14-32(24(16)35)21-6-7-22(33)29-23(21)34/h1-5,12,21,30H,6-11,13-14,26-27H2,(H,29,33,34). The molecule has 1 atom stereocenters. The quantitative estimate of drug-likeness (QED) is 0.435. The summed E-state index contributed by atoms with van der Waals surface area (Å²) >= 11 is 0. The molecule has 8 nitrogen and oxygen atoms in total. The summed E-state index contributed by atoms with van der Waals surface area (Å²) < 4.78 is 20.7.